The first-order valence-corrected chi connectivity index (χ1v) is 7.32. The number of nitrogens with two attached hydrogens (primary N) is 1. The Bertz CT molecular complexity index is 614. The van der Waals surface area contributed by atoms with Crippen molar-refractivity contribution in [3.05, 3.63) is 39.7 Å². The average molecular weight is 311 g/mol. The molecule has 0 aliphatic heterocycles. The zero-order chi connectivity index (χ0) is 14.5. The summed E-state index contributed by atoms with van der Waals surface area (Å²) in [5.41, 5.74) is 6.67. The normalized spacial score (nSPS) is 10.3. The molecule has 4 N–H and O–H groups in total. The lowest BCUT2D eigenvalue weighted by molar-refractivity contribution is 0.0955. The molecule has 0 radical (unpaired) electrons. The van der Waals surface area contributed by atoms with Crippen molar-refractivity contribution in [1.82, 2.24) is 10.3 Å². The zero-order valence-corrected chi connectivity index (χ0v) is 12.5. The van der Waals surface area contributed by atoms with E-state index in [9.17, 15) is 4.79 Å². The van der Waals surface area contributed by atoms with Gasteiger partial charge in [-0.2, -0.15) is 0 Å². The number of anilines is 2. The molecule has 1 aromatic carbocycles. The van der Waals surface area contributed by atoms with Crippen molar-refractivity contribution in [2.45, 2.75) is 13.5 Å². The summed E-state index contributed by atoms with van der Waals surface area (Å²) in [6.45, 7) is 3.08. The van der Waals surface area contributed by atoms with E-state index in [0.29, 0.717) is 21.6 Å². The summed E-state index contributed by atoms with van der Waals surface area (Å²) >= 11 is 7.14. The van der Waals surface area contributed by atoms with E-state index in [1.54, 1.807) is 6.07 Å². The molecule has 7 heteroatoms. The second-order valence-electron chi connectivity index (χ2n) is 4.08. The van der Waals surface area contributed by atoms with E-state index in [-0.39, 0.29) is 11.7 Å². The van der Waals surface area contributed by atoms with Crippen molar-refractivity contribution in [2.75, 3.05) is 17.6 Å². The molecule has 106 valence electrons. The van der Waals surface area contributed by atoms with Crippen molar-refractivity contribution in [3.8, 4) is 0 Å². The topological polar surface area (TPSA) is 80.0 Å². The van der Waals surface area contributed by atoms with Crippen LogP contribution in [-0.4, -0.2) is 17.4 Å². The van der Waals surface area contributed by atoms with Crippen LogP contribution in [0.15, 0.2) is 24.3 Å². The molecule has 0 aliphatic rings. The van der Waals surface area contributed by atoms with Gasteiger partial charge in [-0.1, -0.05) is 35.1 Å². The summed E-state index contributed by atoms with van der Waals surface area (Å²) in [5.74, 6) is 0.0127. The molecule has 0 saturated heterocycles. The van der Waals surface area contributed by atoms with E-state index in [0.717, 1.165) is 12.1 Å². The van der Waals surface area contributed by atoms with Crippen LogP contribution in [0.2, 0.25) is 5.02 Å². The Morgan fingerprint density at radius 3 is 3.00 bits per heavy atom. The predicted molar refractivity (Wildman–Crippen MR) is 83.3 cm³/mol. The largest absolute Gasteiger partial charge is 0.382 e. The molecule has 20 heavy (non-hydrogen) atoms. The SMILES string of the molecule is CCNc1nc(N)c(C(=O)NCc2cccc(Cl)c2)s1. The molecule has 0 unspecified atom stereocenters. The van der Waals surface area contributed by atoms with Crippen LogP contribution in [0.1, 0.15) is 22.2 Å². The third-order valence-electron chi connectivity index (χ3n) is 2.53. The molecule has 0 bridgehead atoms. The maximum absolute atomic E-state index is 12.1. The molecule has 0 fully saturated rings. The number of thiazole rings is 1. The van der Waals surface area contributed by atoms with Gasteiger partial charge in [-0.3, -0.25) is 4.79 Å². The minimum Gasteiger partial charge on any atom is -0.382 e. The van der Waals surface area contributed by atoms with Gasteiger partial charge in [0.1, 0.15) is 10.7 Å². The van der Waals surface area contributed by atoms with Crippen LogP contribution in [0.5, 0.6) is 0 Å². The fourth-order valence-electron chi connectivity index (χ4n) is 1.63. The maximum atomic E-state index is 12.1. The highest BCUT2D eigenvalue weighted by Crippen LogP contribution is 2.24. The van der Waals surface area contributed by atoms with Crippen LogP contribution < -0.4 is 16.4 Å². The summed E-state index contributed by atoms with van der Waals surface area (Å²) in [4.78, 5) is 16.6. The highest BCUT2D eigenvalue weighted by molar-refractivity contribution is 7.18. The van der Waals surface area contributed by atoms with Crippen molar-refractivity contribution in [1.29, 1.82) is 0 Å². The monoisotopic (exact) mass is 310 g/mol. The molecule has 1 heterocycles. The number of rotatable bonds is 5. The van der Waals surface area contributed by atoms with Crippen LogP contribution in [0.4, 0.5) is 10.9 Å². The minimum absolute atomic E-state index is 0.232. The molecule has 5 nitrogen and oxygen atoms in total. The van der Waals surface area contributed by atoms with Gasteiger partial charge in [0, 0.05) is 18.1 Å². The highest BCUT2D eigenvalue weighted by atomic mass is 35.5. The van der Waals surface area contributed by atoms with Crippen LogP contribution >= 0.6 is 22.9 Å². The molecule has 0 spiro atoms. The Balaban J connectivity index is 2.01. The van der Waals surface area contributed by atoms with Gasteiger partial charge < -0.3 is 16.4 Å². The number of amides is 1. The van der Waals surface area contributed by atoms with Gasteiger partial charge in [-0.05, 0) is 24.6 Å². The Morgan fingerprint density at radius 1 is 1.50 bits per heavy atom. The van der Waals surface area contributed by atoms with Crippen molar-refractivity contribution in [3.63, 3.8) is 0 Å². The summed E-state index contributed by atoms with van der Waals surface area (Å²) in [6, 6.07) is 7.33. The second kappa shape index (κ2) is 6.58. The van der Waals surface area contributed by atoms with Gasteiger partial charge in [0.25, 0.3) is 5.91 Å². The number of nitrogens with one attached hydrogen (secondary N) is 2. The summed E-state index contributed by atoms with van der Waals surface area (Å²) in [5, 5.41) is 7.13. The van der Waals surface area contributed by atoms with Crippen LogP contribution in [0.3, 0.4) is 0 Å². The third kappa shape index (κ3) is 3.61. The van der Waals surface area contributed by atoms with Crippen LogP contribution in [0, 0.1) is 0 Å². The highest BCUT2D eigenvalue weighted by Gasteiger charge is 2.15. The maximum Gasteiger partial charge on any atom is 0.265 e. The van der Waals surface area contributed by atoms with Crippen LogP contribution in [0.25, 0.3) is 0 Å². The number of nitrogen functional groups attached to an aromatic ring is 1. The number of hydrogen-bond donors (Lipinski definition) is 3. The summed E-state index contributed by atoms with van der Waals surface area (Å²) in [6.07, 6.45) is 0. The van der Waals surface area contributed by atoms with Gasteiger partial charge in [0.15, 0.2) is 5.13 Å². The summed E-state index contributed by atoms with van der Waals surface area (Å²) < 4.78 is 0. The van der Waals surface area contributed by atoms with Gasteiger partial charge >= 0.3 is 0 Å². The van der Waals surface area contributed by atoms with Crippen molar-refractivity contribution >= 4 is 39.8 Å². The fourth-order valence-corrected chi connectivity index (χ4v) is 2.71. The molecule has 0 atom stereocenters. The lowest BCUT2D eigenvalue weighted by Gasteiger charge is -2.04. The first-order chi connectivity index (χ1) is 9.60. The molecular weight excluding hydrogens is 296 g/mol. The Kier molecular flexibility index (Phi) is 4.81. The van der Waals surface area contributed by atoms with E-state index in [1.807, 2.05) is 25.1 Å². The van der Waals surface area contributed by atoms with Gasteiger partial charge in [0.05, 0.1) is 0 Å². The standard InChI is InChI=1S/C13H15ClN4OS/c1-2-16-13-18-11(15)10(20-13)12(19)17-7-8-4-3-5-9(14)6-8/h3-6H,2,7,15H2,1H3,(H,16,18)(H,17,19). The van der Waals surface area contributed by atoms with Gasteiger partial charge in [-0.15, -0.1) is 0 Å². The average Bonchev–Trinajstić information content (AvgIpc) is 2.78. The van der Waals surface area contributed by atoms with E-state index in [2.05, 4.69) is 15.6 Å². The zero-order valence-electron chi connectivity index (χ0n) is 10.9. The Hall–Kier alpha value is -1.79. The van der Waals surface area contributed by atoms with E-state index >= 15 is 0 Å². The summed E-state index contributed by atoms with van der Waals surface area (Å²) in [7, 11) is 0. The lowest BCUT2D eigenvalue weighted by atomic mass is 10.2. The molecule has 1 amide bonds. The Morgan fingerprint density at radius 2 is 2.30 bits per heavy atom. The number of carbonyl (C=O) groups excluding carboxylic acids is 1. The molecule has 0 aliphatic carbocycles. The number of hydrogen-bond acceptors (Lipinski definition) is 5. The van der Waals surface area contributed by atoms with Gasteiger partial charge in [0.2, 0.25) is 0 Å². The quantitative estimate of drug-likeness (QED) is 0.793. The number of nitrogens with zero attached hydrogens (tertiary/aromatic N) is 1. The smallest absolute Gasteiger partial charge is 0.265 e. The molecule has 1 aromatic heterocycles. The van der Waals surface area contributed by atoms with E-state index in [1.165, 1.54) is 11.3 Å². The van der Waals surface area contributed by atoms with E-state index < -0.39 is 0 Å². The fraction of sp³-hybridized carbons (Fsp3) is 0.231. The molecular formula is C13H15ClN4OS. The minimum atomic E-state index is -0.232. The molecule has 2 aromatic rings. The predicted octanol–water partition coefficient (Wildman–Crippen LogP) is 2.74. The van der Waals surface area contributed by atoms with Crippen molar-refractivity contribution in [2.24, 2.45) is 0 Å². The van der Waals surface area contributed by atoms with Crippen molar-refractivity contribution < 1.29 is 4.79 Å². The third-order valence-corrected chi connectivity index (χ3v) is 3.79. The lowest BCUT2D eigenvalue weighted by Crippen LogP contribution is -2.22. The Labute approximate surface area is 126 Å². The number of aromatic nitrogens is 1. The second-order valence-corrected chi connectivity index (χ2v) is 5.51. The number of benzene rings is 1. The number of carbonyl (C=O) groups is 1. The van der Waals surface area contributed by atoms with Crippen LogP contribution in [-0.2, 0) is 6.54 Å². The first kappa shape index (κ1) is 14.6. The number of halogens is 1. The molecule has 2 rings (SSSR count). The first-order valence-electron chi connectivity index (χ1n) is 6.13. The molecule has 0 saturated carbocycles. The van der Waals surface area contributed by atoms with Gasteiger partial charge in [-0.25, -0.2) is 4.98 Å². The van der Waals surface area contributed by atoms with E-state index in [4.69, 9.17) is 17.3 Å².